The van der Waals surface area contributed by atoms with Gasteiger partial charge in [0.2, 0.25) is 0 Å². The highest BCUT2D eigenvalue weighted by Crippen LogP contribution is 2.22. The van der Waals surface area contributed by atoms with Crippen molar-refractivity contribution in [2.75, 3.05) is 19.7 Å². The molecule has 30 heavy (non-hydrogen) atoms. The number of carbonyl (C=O) groups excluding carboxylic acids is 1. The van der Waals surface area contributed by atoms with Gasteiger partial charge in [0.15, 0.2) is 5.76 Å². The summed E-state index contributed by atoms with van der Waals surface area (Å²) in [6.45, 7) is 5.86. The van der Waals surface area contributed by atoms with Gasteiger partial charge in [0.25, 0.3) is 5.91 Å². The zero-order valence-electron chi connectivity index (χ0n) is 17.2. The summed E-state index contributed by atoms with van der Waals surface area (Å²) in [6, 6.07) is 11.0. The highest BCUT2D eigenvalue weighted by molar-refractivity contribution is 5.91. The maximum Gasteiger partial charge on any atom is 0.336 e. The molecule has 1 fully saturated rings. The molecular weight excluding hydrogens is 384 g/mol. The van der Waals surface area contributed by atoms with Crippen LogP contribution in [0.5, 0.6) is 5.75 Å². The first-order chi connectivity index (χ1) is 14.5. The number of hydrogen-bond acceptors (Lipinski definition) is 6. The molecule has 1 N–H and O–H groups in total. The van der Waals surface area contributed by atoms with E-state index in [1.807, 2.05) is 24.0 Å². The highest BCUT2D eigenvalue weighted by Gasteiger charge is 2.25. The minimum Gasteiger partial charge on any atom is -0.492 e. The lowest BCUT2D eigenvalue weighted by Crippen LogP contribution is -2.48. The second-order valence-electron chi connectivity index (χ2n) is 7.83. The number of ether oxygens (including phenoxy) is 1. The number of nitrogens with one attached hydrogen (secondary N) is 1. The summed E-state index contributed by atoms with van der Waals surface area (Å²) < 4.78 is 16.4. The number of likely N-dealkylation sites (tertiary alicyclic amines) is 1. The van der Waals surface area contributed by atoms with E-state index >= 15 is 0 Å². The molecule has 7 heteroatoms. The fourth-order valence-corrected chi connectivity index (χ4v) is 3.87. The van der Waals surface area contributed by atoms with Crippen molar-refractivity contribution in [2.45, 2.75) is 38.8 Å². The molecule has 3 heterocycles. The standard InChI is InChI=1S/C23H26N2O5/c1-15-12-22(26)30-21-13-18(5-6-19(15)21)29-14-16(2)24-17-7-9-25(10-8-17)23(27)20-4-3-11-28-20/h3-6,11-13,16-17,24H,7-10,14H2,1-2H3. The van der Waals surface area contributed by atoms with Crippen LogP contribution in [0, 0.1) is 6.92 Å². The van der Waals surface area contributed by atoms with Crippen molar-refractivity contribution in [3.63, 3.8) is 0 Å². The monoisotopic (exact) mass is 410 g/mol. The number of furan rings is 1. The van der Waals surface area contributed by atoms with Crippen LogP contribution in [-0.4, -0.2) is 42.6 Å². The maximum atomic E-state index is 12.3. The topological polar surface area (TPSA) is 84.9 Å². The number of piperidine rings is 1. The molecule has 3 aromatic rings. The van der Waals surface area contributed by atoms with Crippen LogP contribution < -0.4 is 15.7 Å². The van der Waals surface area contributed by atoms with Crippen LogP contribution in [0.15, 0.2) is 56.3 Å². The smallest absolute Gasteiger partial charge is 0.336 e. The van der Waals surface area contributed by atoms with Gasteiger partial charge in [-0.3, -0.25) is 4.79 Å². The van der Waals surface area contributed by atoms with Gasteiger partial charge in [0.05, 0.1) is 6.26 Å². The van der Waals surface area contributed by atoms with Gasteiger partial charge in [-0.1, -0.05) is 0 Å². The van der Waals surface area contributed by atoms with E-state index in [4.69, 9.17) is 13.6 Å². The van der Waals surface area contributed by atoms with Crippen molar-refractivity contribution in [3.8, 4) is 5.75 Å². The lowest BCUT2D eigenvalue weighted by atomic mass is 10.0. The summed E-state index contributed by atoms with van der Waals surface area (Å²) in [7, 11) is 0. The molecule has 1 saturated heterocycles. The Morgan fingerprint density at radius 3 is 2.80 bits per heavy atom. The average molecular weight is 410 g/mol. The van der Waals surface area contributed by atoms with Gasteiger partial charge in [-0.2, -0.15) is 0 Å². The summed E-state index contributed by atoms with van der Waals surface area (Å²) in [5.41, 5.74) is 1.07. The minimum absolute atomic E-state index is 0.0481. The largest absolute Gasteiger partial charge is 0.492 e. The number of amides is 1. The van der Waals surface area contributed by atoms with E-state index < -0.39 is 0 Å². The number of nitrogens with zero attached hydrogens (tertiary/aromatic N) is 1. The first-order valence-corrected chi connectivity index (χ1v) is 10.3. The molecule has 1 aliphatic heterocycles. The first-order valence-electron chi connectivity index (χ1n) is 10.3. The molecule has 1 aliphatic rings. The summed E-state index contributed by atoms with van der Waals surface area (Å²) >= 11 is 0. The van der Waals surface area contributed by atoms with E-state index in [0.717, 1.165) is 23.8 Å². The fourth-order valence-electron chi connectivity index (χ4n) is 3.87. The lowest BCUT2D eigenvalue weighted by molar-refractivity contribution is 0.0667. The van der Waals surface area contributed by atoms with Gasteiger partial charge in [-0.05, 0) is 56.5 Å². The maximum absolute atomic E-state index is 12.3. The van der Waals surface area contributed by atoms with Crippen LogP contribution in [0.25, 0.3) is 11.0 Å². The van der Waals surface area contributed by atoms with Crippen molar-refractivity contribution >= 4 is 16.9 Å². The van der Waals surface area contributed by atoms with Crippen LogP contribution in [0.2, 0.25) is 0 Å². The highest BCUT2D eigenvalue weighted by atomic mass is 16.5. The van der Waals surface area contributed by atoms with Gasteiger partial charge in [0, 0.05) is 42.7 Å². The van der Waals surface area contributed by atoms with Crippen LogP contribution in [0.1, 0.15) is 35.9 Å². The van der Waals surface area contributed by atoms with Crippen LogP contribution in [0.4, 0.5) is 0 Å². The van der Waals surface area contributed by atoms with Gasteiger partial charge in [0.1, 0.15) is 17.9 Å². The predicted octanol–water partition coefficient (Wildman–Crippen LogP) is 3.36. The third-order valence-corrected chi connectivity index (χ3v) is 5.46. The van der Waals surface area contributed by atoms with Crippen LogP contribution in [-0.2, 0) is 0 Å². The number of carbonyl (C=O) groups is 1. The third-order valence-electron chi connectivity index (χ3n) is 5.46. The molecule has 7 nitrogen and oxygen atoms in total. The van der Waals surface area contributed by atoms with Crippen molar-refractivity contribution < 1.29 is 18.4 Å². The predicted molar refractivity (Wildman–Crippen MR) is 113 cm³/mol. The summed E-state index contributed by atoms with van der Waals surface area (Å²) in [5.74, 6) is 1.02. The van der Waals surface area contributed by atoms with E-state index in [2.05, 4.69) is 12.2 Å². The summed E-state index contributed by atoms with van der Waals surface area (Å²) in [6.07, 6.45) is 3.29. The average Bonchev–Trinajstić information content (AvgIpc) is 3.27. The van der Waals surface area contributed by atoms with Gasteiger partial charge < -0.3 is 23.8 Å². The van der Waals surface area contributed by atoms with Gasteiger partial charge >= 0.3 is 5.63 Å². The van der Waals surface area contributed by atoms with Crippen molar-refractivity contribution in [1.29, 1.82) is 0 Å². The molecule has 1 aromatic carbocycles. The Kier molecular flexibility index (Phi) is 5.90. The zero-order chi connectivity index (χ0) is 21.1. The second kappa shape index (κ2) is 8.75. The van der Waals surface area contributed by atoms with E-state index in [1.165, 1.54) is 12.3 Å². The Bertz CT molecular complexity index is 1060. The molecule has 4 rings (SSSR count). The van der Waals surface area contributed by atoms with Crippen LogP contribution in [0.3, 0.4) is 0 Å². The molecular formula is C23H26N2O5. The molecule has 0 radical (unpaired) electrons. The minimum atomic E-state index is -0.357. The van der Waals surface area contributed by atoms with E-state index in [-0.39, 0.29) is 17.6 Å². The van der Waals surface area contributed by atoms with Crippen molar-refractivity contribution in [3.05, 3.63) is 64.4 Å². The third kappa shape index (κ3) is 4.57. The Labute approximate surface area is 174 Å². The Morgan fingerprint density at radius 2 is 2.07 bits per heavy atom. The molecule has 0 bridgehead atoms. The number of rotatable bonds is 6. The SMILES string of the molecule is Cc1cc(=O)oc2cc(OCC(C)NC3CCN(C(=O)c4ccco4)CC3)ccc12. The first kappa shape index (κ1) is 20.2. The quantitative estimate of drug-likeness (QED) is 0.628. The van der Waals surface area contributed by atoms with Crippen LogP contribution >= 0.6 is 0 Å². The number of aryl methyl sites for hydroxylation is 1. The summed E-state index contributed by atoms with van der Waals surface area (Å²) in [5, 5.41) is 4.49. The lowest BCUT2D eigenvalue weighted by Gasteiger charge is -2.33. The Hall–Kier alpha value is -3.06. The number of hydrogen-bond donors (Lipinski definition) is 1. The Morgan fingerprint density at radius 1 is 1.27 bits per heavy atom. The summed E-state index contributed by atoms with van der Waals surface area (Å²) in [4.78, 5) is 25.8. The second-order valence-corrected chi connectivity index (χ2v) is 7.83. The van der Waals surface area contributed by atoms with Gasteiger partial charge in [-0.25, -0.2) is 4.79 Å². The molecule has 0 aliphatic carbocycles. The Balaban J connectivity index is 1.26. The van der Waals surface area contributed by atoms with Crippen molar-refractivity contribution in [2.24, 2.45) is 0 Å². The molecule has 0 spiro atoms. The normalized spacial score (nSPS) is 16.0. The number of benzene rings is 1. The van der Waals surface area contributed by atoms with Gasteiger partial charge in [-0.15, -0.1) is 0 Å². The molecule has 1 amide bonds. The zero-order valence-corrected chi connectivity index (χ0v) is 17.2. The molecule has 158 valence electrons. The molecule has 1 atom stereocenters. The molecule has 2 aromatic heterocycles. The van der Waals surface area contributed by atoms with Crippen molar-refractivity contribution in [1.82, 2.24) is 10.2 Å². The molecule has 1 unspecified atom stereocenters. The van der Waals surface area contributed by atoms with E-state index in [0.29, 0.717) is 42.8 Å². The molecule has 0 saturated carbocycles. The fraction of sp³-hybridized carbons (Fsp3) is 0.391. The van der Waals surface area contributed by atoms with E-state index in [9.17, 15) is 9.59 Å². The van der Waals surface area contributed by atoms with E-state index in [1.54, 1.807) is 18.2 Å². The number of fused-ring (bicyclic) bond motifs is 1.